The molecule has 0 spiro atoms. The molecule has 16 heavy (non-hydrogen) atoms. The van der Waals surface area contributed by atoms with Gasteiger partial charge in [-0.25, -0.2) is 4.98 Å². The van der Waals surface area contributed by atoms with E-state index in [-0.39, 0.29) is 15.7 Å². The number of hydrogen-bond acceptors (Lipinski definition) is 3. The summed E-state index contributed by atoms with van der Waals surface area (Å²) in [7, 11) is 0. The highest BCUT2D eigenvalue weighted by Gasteiger charge is 2.16. The van der Waals surface area contributed by atoms with Gasteiger partial charge in [-0.15, -0.1) is 0 Å². The van der Waals surface area contributed by atoms with Crippen LogP contribution in [-0.4, -0.2) is 28.0 Å². The molecule has 0 aromatic carbocycles. The first-order valence-electron chi connectivity index (χ1n) is 4.26. The van der Waals surface area contributed by atoms with Crippen molar-refractivity contribution in [3.05, 3.63) is 28.0 Å². The van der Waals surface area contributed by atoms with Gasteiger partial charge in [0.1, 0.15) is 11.2 Å². The Hall–Kier alpha value is -1.33. The standard InChI is InChI=1S/C9H8Cl2N2O3/c1-4(9(15)16)13-8(14)5-2-6(10)7(11)12-3-5/h2-4H,1H3,(H,13,14)(H,15,16)/t4-/m0/s1. The van der Waals surface area contributed by atoms with Gasteiger partial charge in [0.15, 0.2) is 0 Å². The van der Waals surface area contributed by atoms with E-state index in [4.69, 9.17) is 28.3 Å². The summed E-state index contributed by atoms with van der Waals surface area (Å²) in [5.41, 5.74) is 0.155. The van der Waals surface area contributed by atoms with E-state index < -0.39 is 17.9 Å². The van der Waals surface area contributed by atoms with E-state index in [0.29, 0.717) is 0 Å². The van der Waals surface area contributed by atoms with E-state index in [1.165, 1.54) is 19.2 Å². The Morgan fingerprint density at radius 2 is 2.12 bits per heavy atom. The molecule has 0 bridgehead atoms. The lowest BCUT2D eigenvalue weighted by molar-refractivity contribution is -0.138. The van der Waals surface area contributed by atoms with Crippen LogP contribution in [0.25, 0.3) is 0 Å². The van der Waals surface area contributed by atoms with E-state index in [1.807, 2.05) is 0 Å². The second-order valence-corrected chi connectivity index (χ2v) is 3.80. The maximum Gasteiger partial charge on any atom is 0.325 e. The van der Waals surface area contributed by atoms with Crippen molar-refractivity contribution in [2.75, 3.05) is 0 Å². The van der Waals surface area contributed by atoms with Gasteiger partial charge in [-0.2, -0.15) is 0 Å². The summed E-state index contributed by atoms with van der Waals surface area (Å²) in [4.78, 5) is 25.7. The third-order valence-electron chi connectivity index (χ3n) is 1.78. The minimum Gasteiger partial charge on any atom is -0.480 e. The predicted octanol–water partition coefficient (Wildman–Crippen LogP) is 1.59. The van der Waals surface area contributed by atoms with Crippen molar-refractivity contribution in [2.45, 2.75) is 13.0 Å². The fourth-order valence-electron chi connectivity index (χ4n) is 0.887. The molecule has 0 unspecified atom stereocenters. The van der Waals surface area contributed by atoms with Gasteiger partial charge in [-0.05, 0) is 13.0 Å². The van der Waals surface area contributed by atoms with E-state index in [9.17, 15) is 9.59 Å². The van der Waals surface area contributed by atoms with Crippen LogP contribution in [0, 0.1) is 0 Å². The lowest BCUT2D eigenvalue weighted by Crippen LogP contribution is -2.38. The van der Waals surface area contributed by atoms with Gasteiger partial charge in [0.25, 0.3) is 5.91 Å². The van der Waals surface area contributed by atoms with Crippen molar-refractivity contribution in [3.8, 4) is 0 Å². The van der Waals surface area contributed by atoms with E-state index in [1.54, 1.807) is 0 Å². The van der Waals surface area contributed by atoms with Crippen LogP contribution in [0.3, 0.4) is 0 Å². The summed E-state index contributed by atoms with van der Waals surface area (Å²) in [6.07, 6.45) is 1.22. The number of nitrogens with zero attached hydrogens (tertiary/aromatic N) is 1. The highest BCUT2D eigenvalue weighted by Crippen LogP contribution is 2.19. The number of pyridine rings is 1. The number of rotatable bonds is 3. The molecule has 5 nitrogen and oxygen atoms in total. The highest BCUT2D eigenvalue weighted by molar-refractivity contribution is 6.41. The van der Waals surface area contributed by atoms with Crippen molar-refractivity contribution in [1.29, 1.82) is 0 Å². The van der Waals surface area contributed by atoms with Gasteiger partial charge >= 0.3 is 5.97 Å². The number of aromatic nitrogens is 1. The summed E-state index contributed by atoms with van der Waals surface area (Å²) >= 11 is 11.2. The van der Waals surface area contributed by atoms with Gasteiger partial charge in [-0.1, -0.05) is 23.2 Å². The zero-order valence-corrected chi connectivity index (χ0v) is 9.71. The largest absolute Gasteiger partial charge is 0.480 e. The predicted molar refractivity (Wildman–Crippen MR) is 58.8 cm³/mol. The molecule has 1 atom stereocenters. The third kappa shape index (κ3) is 3.08. The van der Waals surface area contributed by atoms with Gasteiger partial charge < -0.3 is 10.4 Å². The lowest BCUT2D eigenvalue weighted by atomic mass is 10.2. The zero-order chi connectivity index (χ0) is 12.3. The topological polar surface area (TPSA) is 79.3 Å². The molecule has 7 heteroatoms. The fraction of sp³-hybridized carbons (Fsp3) is 0.222. The van der Waals surface area contributed by atoms with Crippen LogP contribution in [-0.2, 0) is 4.79 Å². The molecular weight excluding hydrogens is 255 g/mol. The highest BCUT2D eigenvalue weighted by atomic mass is 35.5. The monoisotopic (exact) mass is 262 g/mol. The Balaban J connectivity index is 2.81. The SMILES string of the molecule is C[C@H](NC(=O)c1cnc(Cl)c(Cl)c1)C(=O)O. The van der Waals surface area contributed by atoms with Crippen LogP contribution in [0.5, 0.6) is 0 Å². The number of hydrogen-bond donors (Lipinski definition) is 2. The minimum atomic E-state index is -1.12. The van der Waals surface area contributed by atoms with Crippen LogP contribution >= 0.6 is 23.2 Å². The van der Waals surface area contributed by atoms with E-state index in [2.05, 4.69) is 10.3 Å². The molecule has 0 aliphatic rings. The molecule has 86 valence electrons. The Morgan fingerprint density at radius 3 is 2.62 bits per heavy atom. The first kappa shape index (κ1) is 12.7. The average molecular weight is 263 g/mol. The van der Waals surface area contributed by atoms with Crippen molar-refractivity contribution in [3.63, 3.8) is 0 Å². The Kier molecular flexibility index (Phi) is 4.09. The molecule has 0 aliphatic carbocycles. The molecule has 0 aliphatic heterocycles. The molecule has 2 N–H and O–H groups in total. The maximum atomic E-state index is 11.5. The number of carboxylic acids is 1. The molecule has 1 rings (SSSR count). The molecule has 0 fully saturated rings. The second kappa shape index (κ2) is 5.14. The number of carbonyl (C=O) groups excluding carboxylic acids is 1. The summed E-state index contributed by atoms with van der Waals surface area (Å²) in [6, 6.07) is 0.336. The normalized spacial score (nSPS) is 11.9. The molecule has 1 heterocycles. The molecule has 1 aromatic rings. The van der Waals surface area contributed by atoms with Crippen LogP contribution in [0.2, 0.25) is 10.2 Å². The van der Waals surface area contributed by atoms with Gasteiger partial charge in [-0.3, -0.25) is 9.59 Å². The summed E-state index contributed by atoms with van der Waals surface area (Å²) in [6.45, 7) is 1.35. The van der Waals surface area contributed by atoms with E-state index in [0.717, 1.165) is 0 Å². The lowest BCUT2D eigenvalue weighted by Gasteiger charge is -2.09. The summed E-state index contributed by atoms with van der Waals surface area (Å²) in [5.74, 6) is -1.69. The molecular formula is C9H8Cl2N2O3. The summed E-state index contributed by atoms with van der Waals surface area (Å²) in [5, 5.41) is 11.1. The van der Waals surface area contributed by atoms with Crippen LogP contribution < -0.4 is 5.32 Å². The van der Waals surface area contributed by atoms with Crippen molar-refractivity contribution >= 4 is 35.1 Å². The minimum absolute atomic E-state index is 0.0875. The van der Waals surface area contributed by atoms with Crippen LogP contribution in [0.1, 0.15) is 17.3 Å². The summed E-state index contributed by atoms with van der Waals surface area (Å²) < 4.78 is 0. The van der Waals surface area contributed by atoms with Crippen molar-refractivity contribution < 1.29 is 14.7 Å². The van der Waals surface area contributed by atoms with Crippen molar-refractivity contribution in [2.24, 2.45) is 0 Å². The number of nitrogens with one attached hydrogen (secondary N) is 1. The molecule has 0 saturated carbocycles. The number of amides is 1. The fourth-order valence-corrected chi connectivity index (χ4v) is 1.16. The smallest absolute Gasteiger partial charge is 0.325 e. The Labute approximate surface area is 101 Å². The average Bonchev–Trinajstić information content (AvgIpc) is 2.21. The first-order valence-corrected chi connectivity index (χ1v) is 5.02. The number of carboxylic acid groups (broad SMARTS) is 1. The number of carbonyl (C=O) groups is 2. The Bertz CT molecular complexity index is 437. The van der Waals surface area contributed by atoms with Gasteiger partial charge in [0.05, 0.1) is 10.6 Å². The third-order valence-corrected chi connectivity index (χ3v) is 2.46. The van der Waals surface area contributed by atoms with Gasteiger partial charge in [0, 0.05) is 6.20 Å². The second-order valence-electron chi connectivity index (χ2n) is 3.03. The van der Waals surface area contributed by atoms with E-state index >= 15 is 0 Å². The number of aliphatic carboxylic acids is 1. The van der Waals surface area contributed by atoms with Crippen LogP contribution in [0.4, 0.5) is 0 Å². The number of halogens is 2. The van der Waals surface area contributed by atoms with Crippen molar-refractivity contribution in [1.82, 2.24) is 10.3 Å². The maximum absolute atomic E-state index is 11.5. The Morgan fingerprint density at radius 1 is 1.50 bits per heavy atom. The molecule has 1 aromatic heterocycles. The molecule has 0 saturated heterocycles. The quantitative estimate of drug-likeness (QED) is 0.811. The molecule has 0 radical (unpaired) electrons. The van der Waals surface area contributed by atoms with Gasteiger partial charge in [0.2, 0.25) is 0 Å². The first-order chi connectivity index (χ1) is 7.41. The van der Waals surface area contributed by atoms with Crippen LogP contribution in [0.15, 0.2) is 12.3 Å². The molecule has 1 amide bonds. The zero-order valence-electron chi connectivity index (χ0n) is 8.20.